The minimum absolute atomic E-state index is 0.101. The zero-order valence-electron chi connectivity index (χ0n) is 14.6. The molecule has 25 heavy (non-hydrogen) atoms. The van der Waals surface area contributed by atoms with E-state index in [-0.39, 0.29) is 16.5 Å². The Labute approximate surface area is 147 Å². The molecule has 2 N–H and O–H groups in total. The number of piperidine rings is 1. The summed E-state index contributed by atoms with van der Waals surface area (Å²) in [5.41, 5.74) is 0.724. The minimum Gasteiger partial charge on any atom is -0.408 e. The third kappa shape index (κ3) is 4.13. The van der Waals surface area contributed by atoms with Crippen LogP contribution < -0.4 is 10.5 Å². The van der Waals surface area contributed by atoms with Crippen molar-refractivity contribution >= 4 is 21.1 Å². The Morgan fingerprint density at radius 3 is 2.64 bits per heavy atom. The van der Waals surface area contributed by atoms with Gasteiger partial charge in [-0.1, -0.05) is 20.3 Å². The number of aromatic amines is 1. The number of aromatic nitrogens is 1. The molecule has 8 heteroatoms. The van der Waals surface area contributed by atoms with Gasteiger partial charge in [-0.05, 0) is 44.0 Å². The zero-order valence-corrected chi connectivity index (χ0v) is 15.4. The molecule has 138 valence electrons. The fourth-order valence-corrected chi connectivity index (χ4v) is 4.47. The summed E-state index contributed by atoms with van der Waals surface area (Å²) in [5.74, 6) is -0.242. The lowest BCUT2D eigenvalue weighted by molar-refractivity contribution is 0.130. The summed E-state index contributed by atoms with van der Waals surface area (Å²) in [6, 6.07) is 4.56. The van der Waals surface area contributed by atoms with E-state index in [1.54, 1.807) is 6.07 Å². The second-order valence-electron chi connectivity index (χ2n) is 6.93. The number of benzene rings is 1. The summed E-state index contributed by atoms with van der Waals surface area (Å²) in [6.07, 6.45) is 3.58. The standard InChI is InChI=1S/C17H25N3O4S/c1-12(2)15(20-8-4-3-5-9-20)11-18-25(22,23)13-6-7-14-16(10-13)24-17(21)19-14/h6-7,10,12,15,18H,3-5,8-9,11H2,1-2H3,(H,19,21). The van der Waals surface area contributed by atoms with E-state index in [0.717, 1.165) is 13.1 Å². The van der Waals surface area contributed by atoms with Gasteiger partial charge in [0.15, 0.2) is 5.58 Å². The highest BCUT2D eigenvalue weighted by atomic mass is 32.2. The van der Waals surface area contributed by atoms with Crippen LogP contribution in [0.4, 0.5) is 0 Å². The first-order valence-corrected chi connectivity index (χ1v) is 10.2. The number of fused-ring (bicyclic) bond motifs is 1. The predicted octanol–water partition coefficient (Wildman–Crippen LogP) is 1.91. The molecular weight excluding hydrogens is 342 g/mol. The number of sulfonamides is 1. The highest BCUT2D eigenvalue weighted by Crippen LogP contribution is 2.19. The Morgan fingerprint density at radius 1 is 1.24 bits per heavy atom. The summed E-state index contributed by atoms with van der Waals surface area (Å²) in [7, 11) is -3.66. The van der Waals surface area contributed by atoms with E-state index in [4.69, 9.17) is 4.42 Å². The molecule has 0 aliphatic carbocycles. The first kappa shape index (κ1) is 18.2. The third-order valence-corrected chi connectivity index (χ3v) is 6.24. The predicted molar refractivity (Wildman–Crippen MR) is 96.1 cm³/mol. The van der Waals surface area contributed by atoms with Gasteiger partial charge in [0.25, 0.3) is 0 Å². The molecule has 1 saturated heterocycles. The first-order chi connectivity index (χ1) is 11.9. The van der Waals surface area contributed by atoms with Crippen LogP contribution >= 0.6 is 0 Å². The third-order valence-electron chi connectivity index (χ3n) is 4.81. The minimum atomic E-state index is -3.66. The van der Waals surface area contributed by atoms with Crippen molar-refractivity contribution in [2.45, 2.75) is 44.0 Å². The monoisotopic (exact) mass is 367 g/mol. The molecule has 2 heterocycles. The molecule has 1 aromatic carbocycles. The van der Waals surface area contributed by atoms with Gasteiger partial charge in [0.05, 0.1) is 10.4 Å². The van der Waals surface area contributed by atoms with Crippen molar-refractivity contribution in [3.8, 4) is 0 Å². The quantitative estimate of drug-likeness (QED) is 0.813. The molecular formula is C17H25N3O4S. The summed E-state index contributed by atoms with van der Waals surface area (Å²) >= 11 is 0. The van der Waals surface area contributed by atoms with Gasteiger partial charge in [-0.3, -0.25) is 9.88 Å². The van der Waals surface area contributed by atoms with E-state index in [1.165, 1.54) is 31.4 Å². The SMILES string of the molecule is CC(C)C(CNS(=O)(=O)c1ccc2[nH]c(=O)oc2c1)N1CCCCC1. The Morgan fingerprint density at radius 2 is 1.96 bits per heavy atom. The van der Waals surface area contributed by atoms with Gasteiger partial charge in [-0.15, -0.1) is 0 Å². The van der Waals surface area contributed by atoms with Crippen molar-refractivity contribution in [3.63, 3.8) is 0 Å². The van der Waals surface area contributed by atoms with Crippen molar-refractivity contribution in [3.05, 3.63) is 28.7 Å². The molecule has 1 unspecified atom stereocenters. The van der Waals surface area contributed by atoms with Crippen molar-refractivity contribution in [1.29, 1.82) is 0 Å². The Balaban J connectivity index is 1.75. The molecule has 0 spiro atoms. The van der Waals surface area contributed by atoms with E-state index >= 15 is 0 Å². The smallest absolute Gasteiger partial charge is 0.408 e. The maximum atomic E-state index is 12.6. The van der Waals surface area contributed by atoms with Gasteiger partial charge >= 0.3 is 5.76 Å². The number of hydrogen-bond acceptors (Lipinski definition) is 5. The topological polar surface area (TPSA) is 95.4 Å². The van der Waals surface area contributed by atoms with Gasteiger partial charge in [0.2, 0.25) is 10.0 Å². The summed E-state index contributed by atoms with van der Waals surface area (Å²) < 4.78 is 32.9. The number of rotatable bonds is 6. The maximum Gasteiger partial charge on any atom is 0.417 e. The van der Waals surface area contributed by atoms with E-state index < -0.39 is 15.8 Å². The summed E-state index contributed by atoms with van der Waals surface area (Å²) in [4.78, 5) is 16.2. The lowest BCUT2D eigenvalue weighted by atomic mass is 9.99. The lowest BCUT2D eigenvalue weighted by Crippen LogP contribution is -2.48. The number of nitrogens with one attached hydrogen (secondary N) is 2. The maximum absolute atomic E-state index is 12.6. The van der Waals surface area contributed by atoms with E-state index in [1.807, 2.05) is 0 Å². The molecule has 1 aliphatic heterocycles. The number of H-pyrrole nitrogens is 1. The average molecular weight is 367 g/mol. The Kier molecular flexibility index (Phi) is 5.31. The van der Waals surface area contributed by atoms with Crippen LogP contribution in [0.25, 0.3) is 11.1 Å². The van der Waals surface area contributed by atoms with E-state index in [0.29, 0.717) is 18.0 Å². The van der Waals surface area contributed by atoms with Crippen LogP contribution in [0.3, 0.4) is 0 Å². The van der Waals surface area contributed by atoms with Gasteiger partial charge < -0.3 is 4.42 Å². The number of likely N-dealkylation sites (tertiary alicyclic amines) is 1. The molecule has 1 fully saturated rings. The molecule has 0 bridgehead atoms. The van der Waals surface area contributed by atoms with E-state index in [9.17, 15) is 13.2 Å². The molecule has 7 nitrogen and oxygen atoms in total. The Bertz CT molecular complexity index is 879. The molecule has 0 amide bonds. The number of nitrogens with zero attached hydrogens (tertiary/aromatic N) is 1. The molecule has 2 aromatic rings. The largest absolute Gasteiger partial charge is 0.417 e. The number of oxazole rings is 1. The van der Waals surface area contributed by atoms with Crippen LogP contribution in [0.5, 0.6) is 0 Å². The van der Waals surface area contributed by atoms with Gasteiger partial charge in [-0.25, -0.2) is 17.9 Å². The second kappa shape index (κ2) is 7.31. The zero-order chi connectivity index (χ0) is 18.0. The average Bonchev–Trinajstić information content (AvgIpc) is 2.94. The van der Waals surface area contributed by atoms with Crippen LogP contribution in [-0.4, -0.2) is 44.0 Å². The van der Waals surface area contributed by atoms with Gasteiger partial charge in [0.1, 0.15) is 0 Å². The van der Waals surface area contributed by atoms with Crippen LogP contribution in [0.2, 0.25) is 0 Å². The fourth-order valence-electron chi connectivity index (χ4n) is 3.41. The number of hydrogen-bond donors (Lipinski definition) is 2. The molecule has 1 atom stereocenters. The van der Waals surface area contributed by atoms with Crippen molar-refractivity contribution in [2.24, 2.45) is 5.92 Å². The Hall–Kier alpha value is -1.64. The highest BCUT2D eigenvalue weighted by Gasteiger charge is 2.26. The molecule has 0 saturated carbocycles. The molecule has 3 rings (SSSR count). The summed E-state index contributed by atoms with van der Waals surface area (Å²) in [6.45, 7) is 6.65. The van der Waals surface area contributed by atoms with Crippen molar-refractivity contribution in [1.82, 2.24) is 14.6 Å². The lowest BCUT2D eigenvalue weighted by Gasteiger charge is -2.37. The van der Waals surface area contributed by atoms with Gasteiger partial charge in [0, 0.05) is 18.7 Å². The summed E-state index contributed by atoms with van der Waals surface area (Å²) in [5, 5.41) is 0. The van der Waals surface area contributed by atoms with Crippen LogP contribution in [0, 0.1) is 5.92 Å². The van der Waals surface area contributed by atoms with E-state index in [2.05, 4.69) is 28.5 Å². The van der Waals surface area contributed by atoms with Gasteiger partial charge in [-0.2, -0.15) is 0 Å². The molecule has 0 radical (unpaired) electrons. The van der Waals surface area contributed by atoms with Crippen LogP contribution in [0.15, 0.2) is 32.3 Å². The fraction of sp³-hybridized carbons (Fsp3) is 0.588. The van der Waals surface area contributed by atoms with Crippen molar-refractivity contribution < 1.29 is 12.8 Å². The second-order valence-corrected chi connectivity index (χ2v) is 8.70. The van der Waals surface area contributed by atoms with Crippen molar-refractivity contribution in [2.75, 3.05) is 19.6 Å². The first-order valence-electron chi connectivity index (χ1n) is 8.73. The molecule has 1 aliphatic rings. The van der Waals surface area contributed by atoms with Crippen LogP contribution in [0.1, 0.15) is 33.1 Å². The van der Waals surface area contributed by atoms with Crippen LogP contribution in [-0.2, 0) is 10.0 Å². The normalized spacial score (nSPS) is 18.0. The highest BCUT2D eigenvalue weighted by molar-refractivity contribution is 7.89. The molecule has 1 aromatic heterocycles.